The first-order valence-corrected chi connectivity index (χ1v) is 7.45. The van der Waals surface area contributed by atoms with Crippen LogP contribution in [0.3, 0.4) is 0 Å². The Hall–Kier alpha value is -2.77. The molecule has 0 saturated heterocycles. The monoisotopic (exact) mass is 342 g/mol. The Bertz CT molecular complexity index is 718. The Balaban J connectivity index is 0.000000438. The van der Waals surface area contributed by atoms with Gasteiger partial charge in [-0.05, 0) is 19.1 Å². The van der Waals surface area contributed by atoms with E-state index < -0.39 is 21.0 Å². The topological polar surface area (TPSA) is 148 Å². The number of carbonyl (C=O) groups is 1. The second-order valence-corrected chi connectivity index (χ2v) is 5.47. The van der Waals surface area contributed by atoms with Gasteiger partial charge in [-0.1, -0.05) is 6.58 Å². The number of non-ortho nitro benzene ring substituents is 1. The lowest BCUT2D eigenvalue weighted by Crippen LogP contribution is -2.05. The van der Waals surface area contributed by atoms with Gasteiger partial charge >= 0.3 is 5.97 Å². The Morgan fingerprint density at radius 3 is 2.30 bits per heavy atom. The molecule has 0 aliphatic heterocycles. The van der Waals surface area contributed by atoms with Crippen LogP contribution in [0.15, 0.2) is 41.3 Å². The van der Waals surface area contributed by atoms with Crippen LogP contribution in [0.5, 0.6) is 0 Å². The number of esters is 1. The number of carbonyl (C=O) groups excluding carboxylic acids is 1. The molecule has 0 unspecified atom stereocenters. The highest BCUT2D eigenvalue weighted by molar-refractivity contribution is 7.85. The van der Waals surface area contributed by atoms with Crippen molar-refractivity contribution in [2.75, 3.05) is 6.61 Å². The van der Waals surface area contributed by atoms with Crippen molar-refractivity contribution >= 4 is 21.8 Å². The zero-order valence-corrected chi connectivity index (χ0v) is 12.9. The molecule has 1 rings (SSSR count). The number of hydrogen-bond acceptors (Lipinski definition) is 7. The molecule has 9 nitrogen and oxygen atoms in total. The molecule has 0 bridgehead atoms. The maximum absolute atomic E-state index is 10.6. The second kappa shape index (κ2) is 9.29. The molecular formula is C13H14N2O7S. The van der Waals surface area contributed by atoms with Crippen LogP contribution < -0.4 is 0 Å². The quantitative estimate of drug-likeness (QED) is 0.213. The summed E-state index contributed by atoms with van der Waals surface area (Å²) in [6, 6.07) is 5.79. The number of ether oxygens (including phenoxy) is 1. The van der Waals surface area contributed by atoms with Gasteiger partial charge in [0.05, 0.1) is 22.3 Å². The summed E-state index contributed by atoms with van der Waals surface area (Å²) in [6.07, 6.45) is 0.235. The number of nitrogens with zero attached hydrogens (tertiary/aromatic N) is 2. The summed E-state index contributed by atoms with van der Waals surface area (Å²) in [7, 11) is -4.27. The van der Waals surface area contributed by atoms with Crippen LogP contribution in [0, 0.1) is 21.4 Å². The minimum absolute atomic E-state index is 0.155. The fraction of sp³-hybridized carbons (Fsp3) is 0.231. The molecule has 0 radical (unpaired) electrons. The number of nitriles is 1. The molecule has 0 heterocycles. The van der Waals surface area contributed by atoms with Crippen molar-refractivity contribution in [2.45, 2.75) is 18.2 Å². The molecule has 1 aromatic rings. The Morgan fingerprint density at radius 1 is 1.43 bits per heavy atom. The van der Waals surface area contributed by atoms with Gasteiger partial charge in [-0.15, -0.1) is 0 Å². The van der Waals surface area contributed by atoms with E-state index in [9.17, 15) is 23.3 Å². The standard InChI is InChI=1S/C7H9NO2.C6H5NO5S/c1-6(2)7(9)10-5-3-4-8;8-7(9)5-1-3-6(4-2-5)13(10,11)12/h1,3,5H2,2H3;1-4H,(H,10,11,12). The third-order valence-electron chi connectivity index (χ3n) is 2.14. The number of hydrogen-bond donors (Lipinski definition) is 1. The van der Waals surface area contributed by atoms with Crippen molar-refractivity contribution in [1.82, 2.24) is 0 Å². The van der Waals surface area contributed by atoms with Crippen LogP contribution in [0.4, 0.5) is 5.69 Å². The first-order chi connectivity index (χ1) is 10.6. The van der Waals surface area contributed by atoms with E-state index in [2.05, 4.69) is 11.3 Å². The number of nitro groups is 1. The van der Waals surface area contributed by atoms with Gasteiger partial charge in [-0.25, -0.2) is 4.79 Å². The second-order valence-electron chi connectivity index (χ2n) is 4.05. The fourth-order valence-corrected chi connectivity index (χ4v) is 1.53. The van der Waals surface area contributed by atoms with E-state index in [-0.39, 0.29) is 23.6 Å². The molecule has 0 aliphatic rings. The first kappa shape index (κ1) is 20.2. The maximum Gasteiger partial charge on any atom is 0.333 e. The summed E-state index contributed by atoms with van der Waals surface area (Å²) in [4.78, 5) is 19.7. The van der Waals surface area contributed by atoms with Crippen LogP contribution in [-0.2, 0) is 19.6 Å². The van der Waals surface area contributed by atoms with E-state index in [1.165, 1.54) is 0 Å². The summed E-state index contributed by atoms with van der Waals surface area (Å²) in [5.74, 6) is -0.435. The van der Waals surface area contributed by atoms with Crippen molar-refractivity contribution in [3.05, 3.63) is 46.5 Å². The molecule has 124 valence electrons. The zero-order chi connectivity index (χ0) is 18.0. The predicted octanol–water partition coefficient (Wildman–Crippen LogP) is 1.86. The largest absolute Gasteiger partial charge is 0.461 e. The molecule has 0 aromatic heterocycles. The van der Waals surface area contributed by atoms with Gasteiger partial charge in [-0.3, -0.25) is 14.7 Å². The highest BCUT2D eigenvalue weighted by atomic mass is 32.2. The average Bonchev–Trinajstić information content (AvgIpc) is 2.47. The van der Waals surface area contributed by atoms with Crippen LogP contribution in [0.25, 0.3) is 0 Å². The van der Waals surface area contributed by atoms with Crippen molar-refractivity contribution in [2.24, 2.45) is 0 Å². The van der Waals surface area contributed by atoms with Crippen molar-refractivity contribution < 1.29 is 27.4 Å². The van der Waals surface area contributed by atoms with E-state index >= 15 is 0 Å². The fourth-order valence-electron chi connectivity index (χ4n) is 1.05. The molecule has 0 aliphatic carbocycles. The number of nitro benzene ring substituents is 1. The highest BCUT2D eigenvalue weighted by Crippen LogP contribution is 2.14. The highest BCUT2D eigenvalue weighted by Gasteiger charge is 2.11. The third kappa shape index (κ3) is 8.30. The van der Waals surface area contributed by atoms with Crippen LogP contribution in [0.2, 0.25) is 0 Å². The summed E-state index contributed by atoms with van der Waals surface area (Å²) in [5, 5.41) is 18.2. The lowest BCUT2D eigenvalue weighted by molar-refractivity contribution is -0.384. The van der Waals surface area contributed by atoms with Crippen LogP contribution in [0.1, 0.15) is 13.3 Å². The predicted molar refractivity (Wildman–Crippen MR) is 78.9 cm³/mol. The minimum atomic E-state index is -4.27. The molecule has 1 N–H and O–H groups in total. The molecule has 0 atom stereocenters. The normalized spacial score (nSPS) is 9.78. The van der Waals surface area contributed by atoms with Crippen molar-refractivity contribution in [3.8, 4) is 6.07 Å². The maximum atomic E-state index is 10.6. The van der Waals surface area contributed by atoms with Crippen LogP contribution in [-0.4, -0.2) is 30.5 Å². The summed E-state index contributed by atoms with van der Waals surface area (Å²) in [6.45, 7) is 5.10. The zero-order valence-electron chi connectivity index (χ0n) is 12.1. The molecule has 0 amide bonds. The minimum Gasteiger partial charge on any atom is -0.461 e. The van der Waals surface area contributed by atoms with E-state index in [0.29, 0.717) is 5.57 Å². The molecule has 0 spiro atoms. The van der Waals surface area contributed by atoms with Gasteiger partial charge in [0, 0.05) is 17.7 Å². The smallest absolute Gasteiger partial charge is 0.333 e. The third-order valence-corrected chi connectivity index (χ3v) is 3.01. The van der Waals surface area contributed by atoms with E-state index in [1.807, 2.05) is 6.07 Å². The lowest BCUT2D eigenvalue weighted by Gasteiger charge is -1.98. The lowest BCUT2D eigenvalue weighted by atomic mass is 10.3. The van der Waals surface area contributed by atoms with Gasteiger partial charge in [0.2, 0.25) is 0 Å². The summed E-state index contributed by atoms with van der Waals surface area (Å²) < 4.78 is 34.1. The summed E-state index contributed by atoms with van der Waals surface area (Å²) >= 11 is 0. The molecule has 1 aromatic carbocycles. The van der Waals surface area contributed by atoms with Gasteiger partial charge in [0.25, 0.3) is 15.8 Å². The molecule has 0 fully saturated rings. The Morgan fingerprint density at radius 2 is 1.96 bits per heavy atom. The van der Waals surface area contributed by atoms with Gasteiger partial charge in [-0.2, -0.15) is 13.7 Å². The SMILES string of the molecule is C=C(C)C(=O)OCCC#N.O=[N+]([O-])c1ccc(S(=O)(=O)O)cc1. The number of benzene rings is 1. The Kier molecular flexibility index (Phi) is 8.17. The van der Waals surface area contributed by atoms with Crippen molar-refractivity contribution in [3.63, 3.8) is 0 Å². The van der Waals surface area contributed by atoms with Crippen LogP contribution >= 0.6 is 0 Å². The molecular weight excluding hydrogens is 328 g/mol. The summed E-state index contributed by atoms with van der Waals surface area (Å²) in [5.41, 5.74) is 0.130. The van der Waals surface area contributed by atoms with Gasteiger partial charge < -0.3 is 4.74 Å². The van der Waals surface area contributed by atoms with E-state index in [4.69, 9.17) is 9.81 Å². The first-order valence-electron chi connectivity index (χ1n) is 6.01. The molecule has 0 saturated carbocycles. The van der Waals surface area contributed by atoms with E-state index in [0.717, 1.165) is 24.3 Å². The van der Waals surface area contributed by atoms with Crippen molar-refractivity contribution in [1.29, 1.82) is 5.26 Å². The Labute approximate surface area is 132 Å². The van der Waals surface area contributed by atoms with Gasteiger partial charge in [0.15, 0.2) is 0 Å². The number of rotatable bonds is 5. The van der Waals surface area contributed by atoms with E-state index in [1.54, 1.807) is 6.92 Å². The van der Waals surface area contributed by atoms with Gasteiger partial charge in [0.1, 0.15) is 6.61 Å². The molecule has 10 heteroatoms. The molecule has 23 heavy (non-hydrogen) atoms. The average molecular weight is 342 g/mol.